The van der Waals surface area contributed by atoms with Crippen LogP contribution in [-0.2, 0) is 13.1 Å². The van der Waals surface area contributed by atoms with Crippen LogP contribution in [0.15, 0.2) is 42.6 Å². The van der Waals surface area contributed by atoms with Crippen molar-refractivity contribution in [1.82, 2.24) is 9.88 Å². The second kappa shape index (κ2) is 5.61. The Morgan fingerprint density at radius 3 is 2.40 bits per heavy atom. The Hall–Kier alpha value is -1.91. The largest absolute Gasteiger partial charge is 0.481 e. The van der Waals surface area contributed by atoms with Crippen LogP contribution >= 0.6 is 0 Å². The molecule has 4 nitrogen and oxygen atoms in total. The van der Waals surface area contributed by atoms with E-state index in [1.54, 1.807) is 7.11 Å². The molecule has 2 N–H and O–H groups in total. The zero-order chi connectivity index (χ0) is 13.9. The number of nitrogens with two attached hydrogens (primary N) is 1. The summed E-state index contributed by atoms with van der Waals surface area (Å²) < 4.78 is 5.10. The van der Waals surface area contributed by atoms with Crippen LogP contribution in [0.1, 0.15) is 22.7 Å². The van der Waals surface area contributed by atoms with Crippen molar-refractivity contribution in [2.75, 3.05) is 13.7 Å². The van der Waals surface area contributed by atoms with Gasteiger partial charge in [0.2, 0.25) is 5.88 Å². The van der Waals surface area contributed by atoms with E-state index in [2.05, 4.69) is 34.1 Å². The summed E-state index contributed by atoms with van der Waals surface area (Å²) in [4.78, 5) is 6.68. The van der Waals surface area contributed by atoms with Gasteiger partial charge in [-0.2, -0.15) is 0 Å². The summed E-state index contributed by atoms with van der Waals surface area (Å²) in [6.07, 6.45) is 1.86. The van der Waals surface area contributed by atoms with Crippen LogP contribution in [0.4, 0.5) is 0 Å². The van der Waals surface area contributed by atoms with E-state index < -0.39 is 0 Å². The highest BCUT2D eigenvalue weighted by Gasteiger charge is 2.25. The average molecular weight is 269 g/mol. The Bertz CT molecular complexity index is 558. The lowest BCUT2D eigenvalue weighted by molar-refractivity contribution is 0.204. The van der Waals surface area contributed by atoms with Crippen molar-refractivity contribution in [2.45, 2.75) is 19.1 Å². The van der Waals surface area contributed by atoms with E-state index >= 15 is 0 Å². The molecule has 2 heterocycles. The van der Waals surface area contributed by atoms with Crippen molar-refractivity contribution in [3.8, 4) is 5.88 Å². The minimum absolute atomic E-state index is 0.195. The maximum atomic E-state index is 5.99. The van der Waals surface area contributed by atoms with E-state index in [0.29, 0.717) is 12.4 Å². The van der Waals surface area contributed by atoms with Crippen molar-refractivity contribution in [3.63, 3.8) is 0 Å². The number of hydrogen-bond acceptors (Lipinski definition) is 4. The lowest BCUT2D eigenvalue weighted by Gasteiger charge is -2.26. The highest BCUT2D eigenvalue weighted by Crippen LogP contribution is 2.30. The molecule has 1 aliphatic rings. The first-order chi connectivity index (χ1) is 9.81. The third-order valence-corrected chi connectivity index (χ3v) is 3.88. The first kappa shape index (κ1) is 13.1. The van der Waals surface area contributed by atoms with Gasteiger partial charge in [-0.05, 0) is 16.7 Å². The quantitative estimate of drug-likeness (QED) is 0.923. The Balaban J connectivity index is 1.81. The molecule has 0 aliphatic carbocycles. The van der Waals surface area contributed by atoms with Gasteiger partial charge < -0.3 is 10.5 Å². The minimum atomic E-state index is 0.195. The molecule has 3 rings (SSSR count). The monoisotopic (exact) mass is 269 g/mol. The van der Waals surface area contributed by atoms with E-state index in [0.717, 1.165) is 18.7 Å². The molecular weight excluding hydrogens is 250 g/mol. The van der Waals surface area contributed by atoms with Crippen molar-refractivity contribution in [3.05, 3.63) is 59.3 Å². The molecule has 2 aromatic rings. The van der Waals surface area contributed by atoms with Crippen molar-refractivity contribution in [2.24, 2.45) is 5.73 Å². The highest BCUT2D eigenvalue weighted by atomic mass is 16.5. The zero-order valence-electron chi connectivity index (χ0n) is 11.6. The Kier molecular flexibility index (Phi) is 3.67. The van der Waals surface area contributed by atoms with Crippen LogP contribution in [-0.4, -0.2) is 23.5 Å². The minimum Gasteiger partial charge on any atom is -0.481 e. The topological polar surface area (TPSA) is 51.4 Å². The molecule has 0 saturated heterocycles. The first-order valence-corrected chi connectivity index (χ1v) is 6.82. The first-order valence-electron chi connectivity index (χ1n) is 6.82. The molecule has 1 aliphatic heterocycles. The van der Waals surface area contributed by atoms with E-state index in [4.69, 9.17) is 10.5 Å². The summed E-state index contributed by atoms with van der Waals surface area (Å²) in [6, 6.07) is 12.7. The normalized spacial score (nSPS) is 15.9. The third-order valence-electron chi connectivity index (χ3n) is 3.88. The van der Waals surface area contributed by atoms with Crippen LogP contribution in [0, 0.1) is 0 Å². The van der Waals surface area contributed by atoms with Gasteiger partial charge in [-0.15, -0.1) is 0 Å². The highest BCUT2D eigenvalue weighted by molar-refractivity contribution is 5.31. The van der Waals surface area contributed by atoms with Crippen molar-refractivity contribution >= 4 is 0 Å². The zero-order valence-corrected chi connectivity index (χ0v) is 11.6. The predicted molar refractivity (Wildman–Crippen MR) is 78.3 cm³/mol. The molecule has 0 bridgehead atoms. The van der Waals surface area contributed by atoms with Gasteiger partial charge in [-0.3, -0.25) is 4.90 Å². The summed E-state index contributed by atoms with van der Waals surface area (Å²) in [7, 11) is 1.62. The fourth-order valence-electron chi connectivity index (χ4n) is 2.79. The fourth-order valence-corrected chi connectivity index (χ4v) is 2.79. The summed E-state index contributed by atoms with van der Waals surface area (Å²) in [6.45, 7) is 2.48. The van der Waals surface area contributed by atoms with E-state index in [1.165, 1.54) is 11.1 Å². The molecule has 4 heteroatoms. The van der Waals surface area contributed by atoms with E-state index in [-0.39, 0.29) is 6.04 Å². The molecule has 1 aromatic carbocycles. The Morgan fingerprint density at radius 1 is 1.20 bits per heavy atom. The number of benzene rings is 1. The number of aromatic nitrogens is 1. The number of nitrogens with zero attached hydrogens (tertiary/aromatic N) is 2. The van der Waals surface area contributed by atoms with E-state index in [1.807, 2.05) is 18.3 Å². The number of ether oxygens (including phenoxy) is 1. The molecular formula is C16H19N3O. The third kappa shape index (κ3) is 2.40. The lowest BCUT2D eigenvalue weighted by Crippen LogP contribution is -2.29. The van der Waals surface area contributed by atoms with Gasteiger partial charge in [0.25, 0.3) is 0 Å². The molecule has 0 saturated carbocycles. The molecule has 20 heavy (non-hydrogen) atoms. The van der Waals surface area contributed by atoms with Gasteiger partial charge >= 0.3 is 0 Å². The SMILES string of the molecule is COc1ccc(C(CN)N2Cc3ccccc3C2)cn1. The second-order valence-corrected chi connectivity index (χ2v) is 5.06. The molecule has 0 radical (unpaired) electrons. The fraction of sp³-hybridized carbons (Fsp3) is 0.312. The van der Waals surface area contributed by atoms with Gasteiger partial charge in [0.1, 0.15) is 0 Å². The van der Waals surface area contributed by atoms with Gasteiger partial charge in [0, 0.05) is 37.9 Å². The van der Waals surface area contributed by atoms with Crippen molar-refractivity contribution < 1.29 is 4.74 Å². The Labute approximate surface area is 119 Å². The van der Waals surface area contributed by atoms with Crippen LogP contribution in [0.3, 0.4) is 0 Å². The summed E-state index contributed by atoms with van der Waals surface area (Å²) in [5.41, 5.74) is 9.92. The van der Waals surface area contributed by atoms with Crippen LogP contribution in [0.5, 0.6) is 5.88 Å². The predicted octanol–water partition coefficient (Wildman–Crippen LogP) is 2.11. The molecule has 104 valence electrons. The van der Waals surface area contributed by atoms with Crippen LogP contribution in [0.2, 0.25) is 0 Å². The second-order valence-electron chi connectivity index (χ2n) is 5.06. The standard InChI is InChI=1S/C16H19N3O/c1-20-16-7-6-12(9-18-16)15(8-17)19-10-13-4-2-3-5-14(13)11-19/h2-7,9,15H,8,10-11,17H2,1H3. The summed E-state index contributed by atoms with van der Waals surface area (Å²) in [5.74, 6) is 0.634. The molecule has 1 unspecified atom stereocenters. The van der Waals surface area contributed by atoms with Gasteiger partial charge in [0.15, 0.2) is 0 Å². The molecule has 0 spiro atoms. The maximum Gasteiger partial charge on any atom is 0.212 e. The molecule has 0 amide bonds. The van der Waals surface area contributed by atoms with Gasteiger partial charge in [0.05, 0.1) is 7.11 Å². The number of rotatable bonds is 4. The van der Waals surface area contributed by atoms with Crippen LogP contribution in [0.25, 0.3) is 0 Å². The van der Waals surface area contributed by atoms with Gasteiger partial charge in [-0.25, -0.2) is 4.98 Å². The summed E-state index contributed by atoms with van der Waals surface area (Å²) in [5, 5.41) is 0. The molecule has 1 atom stereocenters. The maximum absolute atomic E-state index is 5.99. The van der Waals surface area contributed by atoms with Crippen molar-refractivity contribution in [1.29, 1.82) is 0 Å². The average Bonchev–Trinajstić information content (AvgIpc) is 2.92. The molecule has 0 fully saturated rings. The lowest BCUT2D eigenvalue weighted by atomic mass is 10.1. The van der Waals surface area contributed by atoms with Crippen LogP contribution < -0.4 is 10.5 Å². The molecule has 1 aromatic heterocycles. The Morgan fingerprint density at radius 2 is 1.90 bits per heavy atom. The number of hydrogen-bond donors (Lipinski definition) is 1. The smallest absolute Gasteiger partial charge is 0.212 e. The number of fused-ring (bicyclic) bond motifs is 1. The number of pyridine rings is 1. The van der Waals surface area contributed by atoms with Gasteiger partial charge in [-0.1, -0.05) is 30.3 Å². The number of methoxy groups -OCH3 is 1. The van der Waals surface area contributed by atoms with E-state index in [9.17, 15) is 0 Å². The summed E-state index contributed by atoms with van der Waals surface area (Å²) >= 11 is 0.